The minimum absolute atomic E-state index is 0.592. The molecule has 0 atom stereocenters. The van der Waals surface area contributed by atoms with E-state index in [9.17, 15) is 9.90 Å². The largest absolute Gasteiger partial charge is 0.480 e. The van der Waals surface area contributed by atoms with Crippen LogP contribution in [0.5, 0.6) is 0 Å². The standard InChI is InChI=1S/C11H21NO2/c1-4-9-5-7-11(8-6-9,10(13)14)12(2)3/h9H,4-8H2,1-3H3,(H,13,14). The van der Waals surface area contributed by atoms with E-state index < -0.39 is 11.5 Å². The van der Waals surface area contributed by atoms with Crippen molar-refractivity contribution < 1.29 is 9.90 Å². The summed E-state index contributed by atoms with van der Waals surface area (Å²) in [5, 5.41) is 9.28. The van der Waals surface area contributed by atoms with Gasteiger partial charge in [-0.05, 0) is 45.7 Å². The fourth-order valence-corrected chi connectivity index (χ4v) is 2.42. The molecule has 1 aliphatic carbocycles. The van der Waals surface area contributed by atoms with Crippen molar-refractivity contribution in [3.8, 4) is 0 Å². The average molecular weight is 199 g/mol. The SMILES string of the molecule is CCC1CCC(C(=O)O)(N(C)C)CC1. The van der Waals surface area contributed by atoms with E-state index in [1.807, 2.05) is 19.0 Å². The molecule has 14 heavy (non-hydrogen) atoms. The molecule has 1 saturated carbocycles. The topological polar surface area (TPSA) is 40.5 Å². The molecule has 0 aliphatic heterocycles. The Balaban J connectivity index is 2.70. The van der Waals surface area contributed by atoms with Crippen molar-refractivity contribution in [2.75, 3.05) is 14.1 Å². The van der Waals surface area contributed by atoms with Gasteiger partial charge in [-0.15, -0.1) is 0 Å². The highest BCUT2D eigenvalue weighted by Gasteiger charge is 2.43. The van der Waals surface area contributed by atoms with Gasteiger partial charge in [0.2, 0.25) is 0 Å². The molecular weight excluding hydrogens is 178 g/mol. The zero-order valence-electron chi connectivity index (χ0n) is 9.42. The predicted molar refractivity (Wildman–Crippen MR) is 56.3 cm³/mol. The Morgan fingerprint density at radius 2 is 1.93 bits per heavy atom. The summed E-state index contributed by atoms with van der Waals surface area (Å²) in [7, 11) is 3.75. The first-order chi connectivity index (χ1) is 6.53. The van der Waals surface area contributed by atoms with Gasteiger partial charge in [0, 0.05) is 0 Å². The average Bonchev–Trinajstić information content (AvgIpc) is 2.17. The number of hydrogen-bond acceptors (Lipinski definition) is 2. The summed E-state index contributed by atoms with van der Waals surface area (Å²) in [5.41, 5.74) is -0.592. The van der Waals surface area contributed by atoms with Crippen molar-refractivity contribution in [3.05, 3.63) is 0 Å². The molecule has 0 saturated heterocycles. The van der Waals surface area contributed by atoms with Gasteiger partial charge >= 0.3 is 5.97 Å². The van der Waals surface area contributed by atoms with Gasteiger partial charge in [0.15, 0.2) is 0 Å². The Bertz CT molecular complexity index is 205. The van der Waals surface area contributed by atoms with Crippen molar-refractivity contribution in [3.63, 3.8) is 0 Å². The molecule has 3 heteroatoms. The number of rotatable bonds is 3. The van der Waals surface area contributed by atoms with Gasteiger partial charge in [-0.3, -0.25) is 9.69 Å². The van der Waals surface area contributed by atoms with Gasteiger partial charge in [0.25, 0.3) is 0 Å². The normalized spacial score (nSPS) is 33.3. The number of carbonyl (C=O) groups is 1. The van der Waals surface area contributed by atoms with E-state index in [4.69, 9.17) is 0 Å². The van der Waals surface area contributed by atoms with E-state index in [2.05, 4.69) is 6.92 Å². The third kappa shape index (κ3) is 1.92. The highest BCUT2D eigenvalue weighted by molar-refractivity contribution is 5.78. The molecule has 0 spiro atoms. The predicted octanol–water partition coefficient (Wildman–Crippen LogP) is 1.97. The molecule has 1 fully saturated rings. The summed E-state index contributed by atoms with van der Waals surface area (Å²) in [4.78, 5) is 13.1. The summed E-state index contributed by atoms with van der Waals surface area (Å²) >= 11 is 0. The second-order valence-corrected chi connectivity index (χ2v) is 4.58. The van der Waals surface area contributed by atoms with Gasteiger partial charge in [0.1, 0.15) is 5.54 Å². The van der Waals surface area contributed by atoms with Gasteiger partial charge in [-0.25, -0.2) is 0 Å². The van der Waals surface area contributed by atoms with E-state index in [1.165, 1.54) is 6.42 Å². The highest BCUT2D eigenvalue weighted by Crippen LogP contribution is 2.36. The molecule has 0 amide bonds. The summed E-state index contributed by atoms with van der Waals surface area (Å²) in [6, 6.07) is 0. The lowest BCUT2D eigenvalue weighted by Gasteiger charge is -2.41. The van der Waals surface area contributed by atoms with E-state index in [0.717, 1.165) is 31.6 Å². The molecule has 0 aromatic rings. The minimum atomic E-state index is -0.656. The monoisotopic (exact) mass is 199 g/mol. The number of likely N-dealkylation sites (N-methyl/N-ethyl adjacent to an activating group) is 1. The number of carboxylic acids is 1. The maximum atomic E-state index is 11.3. The molecule has 3 nitrogen and oxygen atoms in total. The Hall–Kier alpha value is -0.570. The van der Waals surface area contributed by atoms with Gasteiger partial charge in [0.05, 0.1) is 0 Å². The van der Waals surface area contributed by atoms with E-state index in [0.29, 0.717) is 0 Å². The molecule has 1 aliphatic rings. The maximum Gasteiger partial charge on any atom is 0.324 e. The lowest BCUT2D eigenvalue weighted by molar-refractivity contribution is -0.152. The van der Waals surface area contributed by atoms with Crippen LogP contribution in [0.4, 0.5) is 0 Å². The smallest absolute Gasteiger partial charge is 0.324 e. The third-order valence-electron chi connectivity index (χ3n) is 3.76. The van der Waals surface area contributed by atoms with Crippen LogP contribution in [-0.2, 0) is 4.79 Å². The molecular formula is C11H21NO2. The van der Waals surface area contributed by atoms with Crippen LogP contribution in [0, 0.1) is 5.92 Å². The fourth-order valence-electron chi connectivity index (χ4n) is 2.42. The second kappa shape index (κ2) is 4.30. The first-order valence-corrected chi connectivity index (χ1v) is 5.43. The second-order valence-electron chi connectivity index (χ2n) is 4.58. The molecule has 0 heterocycles. The summed E-state index contributed by atoms with van der Waals surface area (Å²) in [5.74, 6) is 0.0829. The molecule has 0 aromatic carbocycles. The van der Waals surface area contributed by atoms with Crippen LogP contribution in [-0.4, -0.2) is 35.6 Å². The molecule has 0 bridgehead atoms. The van der Waals surface area contributed by atoms with Crippen molar-refractivity contribution in [1.29, 1.82) is 0 Å². The fraction of sp³-hybridized carbons (Fsp3) is 0.909. The first kappa shape index (κ1) is 11.5. The van der Waals surface area contributed by atoms with Crippen molar-refractivity contribution in [1.82, 2.24) is 4.90 Å². The Morgan fingerprint density at radius 3 is 2.21 bits per heavy atom. The lowest BCUT2D eigenvalue weighted by Crippen LogP contribution is -2.53. The van der Waals surface area contributed by atoms with Crippen molar-refractivity contribution in [2.24, 2.45) is 5.92 Å². The number of nitrogens with zero attached hydrogens (tertiary/aromatic N) is 1. The highest BCUT2D eigenvalue weighted by atomic mass is 16.4. The minimum Gasteiger partial charge on any atom is -0.480 e. The maximum absolute atomic E-state index is 11.3. The molecule has 1 N–H and O–H groups in total. The molecule has 82 valence electrons. The summed E-state index contributed by atoms with van der Waals surface area (Å²) in [6.45, 7) is 2.19. The van der Waals surface area contributed by atoms with Crippen LogP contribution in [0.1, 0.15) is 39.0 Å². The van der Waals surface area contributed by atoms with Gasteiger partial charge in [-0.1, -0.05) is 13.3 Å². The quantitative estimate of drug-likeness (QED) is 0.755. The van der Waals surface area contributed by atoms with Crippen LogP contribution in [0.3, 0.4) is 0 Å². The number of carboxylic acid groups (broad SMARTS) is 1. The van der Waals surface area contributed by atoms with Crippen LogP contribution in [0.2, 0.25) is 0 Å². The van der Waals surface area contributed by atoms with Gasteiger partial charge < -0.3 is 5.11 Å². The van der Waals surface area contributed by atoms with Gasteiger partial charge in [-0.2, -0.15) is 0 Å². The van der Waals surface area contributed by atoms with Crippen molar-refractivity contribution in [2.45, 2.75) is 44.6 Å². The first-order valence-electron chi connectivity index (χ1n) is 5.43. The number of aliphatic carboxylic acids is 1. The van der Waals surface area contributed by atoms with Crippen LogP contribution in [0.15, 0.2) is 0 Å². The number of hydrogen-bond donors (Lipinski definition) is 1. The van der Waals surface area contributed by atoms with Crippen molar-refractivity contribution >= 4 is 5.97 Å². The van der Waals surface area contributed by atoms with E-state index >= 15 is 0 Å². The third-order valence-corrected chi connectivity index (χ3v) is 3.76. The zero-order valence-corrected chi connectivity index (χ0v) is 9.42. The van der Waals surface area contributed by atoms with E-state index in [-0.39, 0.29) is 0 Å². The van der Waals surface area contributed by atoms with Crippen LogP contribution < -0.4 is 0 Å². The summed E-state index contributed by atoms with van der Waals surface area (Å²) < 4.78 is 0. The Kier molecular flexibility index (Phi) is 3.53. The molecule has 0 radical (unpaired) electrons. The zero-order chi connectivity index (χ0) is 10.8. The Morgan fingerprint density at radius 1 is 1.43 bits per heavy atom. The molecule has 0 unspecified atom stereocenters. The lowest BCUT2D eigenvalue weighted by atomic mass is 9.75. The molecule has 1 rings (SSSR count). The van der Waals surface area contributed by atoms with Crippen LogP contribution in [0.25, 0.3) is 0 Å². The van der Waals surface area contributed by atoms with E-state index in [1.54, 1.807) is 0 Å². The molecule has 0 aromatic heterocycles. The van der Waals surface area contributed by atoms with Crippen LogP contribution >= 0.6 is 0 Å². The summed E-state index contributed by atoms with van der Waals surface area (Å²) in [6.07, 6.45) is 4.90. The Labute approximate surface area is 86.1 Å².